The summed E-state index contributed by atoms with van der Waals surface area (Å²) < 4.78 is 16.6. The molecular formula is C25H29NO7. The lowest BCUT2D eigenvalue weighted by Crippen LogP contribution is -2.48. The quantitative estimate of drug-likeness (QED) is 0.322. The first-order valence-electron chi connectivity index (χ1n) is 10.8. The molecule has 0 aliphatic heterocycles. The molecule has 176 valence electrons. The average Bonchev–Trinajstić information content (AvgIpc) is 2.70. The summed E-state index contributed by atoms with van der Waals surface area (Å²) in [5, 5.41) is 13.4. The Labute approximate surface area is 191 Å². The monoisotopic (exact) mass is 455 g/mol. The van der Waals surface area contributed by atoms with E-state index < -0.39 is 23.7 Å². The van der Waals surface area contributed by atoms with Gasteiger partial charge in [-0.25, -0.2) is 9.59 Å². The van der Waals surface area contributed by atoms with Gasteiger partial charge in [-0.3, -0.25) is 4.79 Å². The minimum atomic E-state index is -0.978. The maximum absolute atomic E-state index is 12.9. The zero-order valence-electron chi connectivity index (χ0n) is 19.6. The number of benzene rings is 2. The SMILES string of the molecule is CC[C@H](C)[C@@H](NC(=O)OC(C)(C)C)C(=O)Oc1cc(O)c2c(=O)c3cccc(C)c3oc2c1. The molecule has 1 amide bonds. The molecule has 0 bridgehead atoms. The summed E-state index contributed by atoms with van der Waals surface area (Å²) in [4.78, 5) is 38.0. The Morgan fingerprint density at radius 2 is 1.91 bits per heavy atom. The molecule has 0 aliphatic rings. The molecule has 1 heterocycles. The van der Waals surface area contributed by atoms with Crippen LogP contribution >= 0.6 is 0 Å². The molecule has 3 rings (SSSR count). The number of aryl methyl sites for hydroxylation is 1. The zero-order valence-corrected chi connectivity index (χ0v) is 19.6. The number of carbonyl (C=O) groups excluding carboxylic acids is 2. The molecule has 0 unspecified atom stereocenters. The fourth-order valence-corrected chi connectivity index (χ4v) is 3.44. The van der Waals surface area contributed by atoms with Crippen LogP contribution in [0.1, 0.15) is 46.6 Å². The summed E-state index contributed by atoms with van der Waals surface area (Å²) in [6.45, 7) is 10.7. The third-order valence-electron chi connectivity index (χ3n) is 5.31. The zero-order chi connectivity index (χ0) is 24.5. The van der Waals surface area contributed by atoms with Crippen molar-refractivity contribution in [2.75, 3.05) is 0 Å². The predicted molar refractivity (Wildman–Crippen MR) is 125 cm³/mol. The number of hydrogen-bond acceptors (Lipinski definition) is 7. The Bertz CT molecular complexity index is 1270. The highest BCUT2D eigenvalue weighted by molar-refractivity contribution is 5.95. The number of aromatic hydroxyl groups is 1. The molecular weight excluding hydrogens is 426 g/mol. The third-order valence-corrected chi connectivity index (χ3v) is 5.31. The molecule has 0 saturated heterocycles. The maximum Gasteiger partial charge on any atom is 0.408 e. The summed E-state index contributed by atoms with van der Waals surface area (Å²) in [7, 11) is 0. The minimum absolute atomic E-state index is 0.00162. The van der Waals surface area contributed by atoms with Gasteiger partial charge >= 0.3 is 12.1 Å². The largest absolute Gasteiger partial charge is 0.507 e. The van der Waals surface area contributed by atoms with Crippen LogP contribution in [0, 0.1) is 12.8 Å². The molecule has 1 aromatic heterocycles. The number of alkyl carbamates (subject to hydrolysis) is 1. The van der Waals surface area contributed by atoms with Crippen molar-refractivity contribution in [2.24, 2.45) is 5.92 Å². The van der Waals surface area contributed by atoms with E-state index in [-0.39, 0.29) is 33.8 Å². The van der Waals surface area contributed by atoms with E-state index in [1.165, 1.54) is 12.1 Å². The standard InChI is InChI=1S/C25H29NO7/c1-7-13(2)20(26-24(30)33-25(4,5)6)23(29)31-15-11-17(27)19-18(12-15)32-22-14(3)9-8-10-16(22)21(19)28/h8-13,20,27H,7H2,1-6H3,(H,26,30)/t13-,20+/m0/s1. The molecule has 2 atom stereocenters. The fourth-order valence-electron chi connectivity index (χ4n) is 3.44. The van der Waals surface area contributed by atoms with Crippen LogP contribution in [0.3, 0.4) is 0 Å². The topological polar surface area (TPSA) is 115 Å². The summed E-state index contributed by atoms with van der Waals surface area (Å²) >= 11 is 0. The molecule has 2 aromatic carbocycles. The molecule has 33 heavy (non-hydrogen) atoms. The number of fused-ring (bicyclic) bond motifs is 2. The first-order valence-corrected chi connectivity index (χ1v) is 10.8. The first kappa shape index (κ1) is 24.1. The van der Waals surface area contributed by atoms with Crippen LogP contribution in [0.5, 0.6) is 11.5 Å². The highest BCUT2D eigenvalue weighted by Crippen LogP contribution is 2.31. The van der Waals surface area contributed by atoms with Crippen LogP contribution < -0.4 is 15.5 Å². The van der Waals surface area contributed by atoms with Crippen molar-refractivity contribution in [3.8, 4) is 11.5 Å². The Balaban J connectivity index is 1.95. The molecule has 8 heteroatoms. The van der Waals surface area contributed by atoms with Crippen molar-refractivity contribution < 1.29 is 28.6 Å². The van der Waals surface area contributed by atoms with E-state index in [1.807, 2.05) is 6.92 Å². The van der Waals surface area contributed by atoms with Crippen molar-refractivity contribution >= 4 is 34.0 Å². The number of nitrogens with one attached hydrogen (secondary N) is 1. The van der Waals surface area contributed by atoms with E-state index in [1.54, 1.807) is 52.8 Å². The lowest BCUT2D eigenvalue weighted by molar-refractivity contribution is -0.138. The van der Waals surface area contributed by atoms with E-state index in [0.29, 0.717) is 17.4 Å². The van der Waals surface area contributed by atoms with Crippen molar-refractivity contribution in [1.82, 2.24) is 5.32 Å². The lowest BCUT2D eigenvalue weighted by Gasteiger charge is -2.25. The van der Waals surface area contributed by atoms with Gasteiger partial charge in [0.05, 0.1) is 5.39 Å². The van der Waals surface area contributed by atoms with E-state index in [9.17, 15) is 19.5 Å². The number of phenolic OH excluding ortho intramolecular Hbond substituents is 1. The average molecular weight is 456 g/mol. The van der Waals surface area contributed by atoms with Crippen molar-refractivity contribution in [3.05, 3.63) is 46.1 Å². The van der Waals surface area contributed by atoms with Crippen LogP contribution in [0.4, 0.5) is 4.79 Å². The molecule has 8 nitrogen and oxygen atoms in total. The van der Waals surface area contributed by atoms with Crippen LogP contribution in [0.2, 0.25) is 0 Å². The van der Waals surface area contributed by atoms with Gasteiger partial charge in [0.25, 0.3) is 0 Å². The number of rotatable bonds is 5. The van der Waals surface area contributed by atoms with Crippen LogP contribution in [-0.4, -0.2) is 28.8 Å². The highest BCUT2D eigenvalue weighted by atomic mass is 16.6. The molecule has 0 fully saturated rings. The second-order valence-corrected chi connectivity index (χ2v) is 9.13. The number of amides is 1. The summed E-state index contributed by atoms with van der Waals surface area (Å²) in [6, 6.07) is 6.75. The second kappa shape index (κ2) is 9.13. The Kier molecular flexibility index (Phi) is 6.67. The summed E-state index contributed by atoms with van der Waals surface area (Å²) in [5.74, 6) is -1.36. The third kappa shape index (κ3) is 5.27. The van der Waals surface area contributed by atoms with E-state index >= 15 is 0 Å². The van der Waals surface area contributed by atoms with Crippen molar-refractivity contribution in [2.45, 2.75) is 59.6 Å². The van der Waals surface area contributed by atoms with Gasteiger partial charge in [-0.05, 0) is 45.2 Å². The second-order valence-electron chi connectivity index (χ2n) is 9.13. The van der Waals surface area contributed by atoms with Gasteiger partial charge in [0.15, 0.2) is 0 Å². The Morgan fingerprint density at radius 1 is 1.21 bits per heavy atom. The molecule has 0 saturated carbocycles. The first-order chi connectivity index (χ1) is 15.4. The Morgan fingerprint density at radius 3 is 2.55 bits per heavy atom. The predicted octanol–water partition coefficient (Wildman–Crippen LogP) is 4.81. The van der Waals surface area contributed by atoms with Gasteiger partial charge in [-0.15, -0.1) is 0 Å². The van der Waals surface area contributed by atoms with Gasteiger partial charge in [0, 0.05) is 12.1 Å². The van der Waals surface area contributed by atoms with Gasteiger partial charge in [-0.1, -0.05) is 32.4 Å². The fraction of sp³-hybridized carbons (Fsp3) is 0.400. The highest BCUT2D eigenvalue weighted by Gasteiger charge is 2.30. The van der Waals surface area contributed by atoms with Gasteiger partial charge in [-0.2, -0.15) is 0 Å². The van der Waals surface area contributed by atoms with Gasteiger partial charge in [0.2, 0.25) is 5.43 Å². The normalized spacial score (nSPS) is 13.5. The molecule has 3 aromatic rings. The molecule has 2 N–H and O–H groups in total. The van der Waals surface area contributed by atoms with Gasteiger partial charge in [0.1, 0.15) is 39.7 Å². The van der Waals surface area contributed by atoms with Crippen molar-refractivity contribution in [3.63, 3.8) is 0 Å². The number of ether oxygens (including phenoxy) is 2. The Hall–Kier alpha value is -3.55. The van der Waals surface area contributed by atoms with E-state index in [4.69, 9.17) is 13.9 Å². The lowest BCUT2D eigenvalue weighted by atomic mass is 9.99. The molecule has 0 radical (unpaired) electrons. The number of carbonyl (C=O) groups is 2. The molecule has 0 aliphatic carbocycles. The number of esters is 1. The van der Waals surface area contributed by atoms with Crippen LogP contribution in [0.25, 0.3) is 21.9 Å². The summed E-state index contributed by atoms with van der Waals surface area (Å²) in [5.41, 5.74) is 0.129. The van der Waals surface area contributed by atoms with E-state index in [2.05, 4.69) is 5.32 Å². The minimum Gasteiger partial charge on any atom is -0.507 e. The number of para-hydroxylation sites is 1. The van der Waals surface area contributed by atoms with E-state index in [0.717, 1.165) is 5.56 Å². The number of hydrogen-bond donors (Lipinski definition) is 2. The van der Waals surface area contributed by atoms with Crippen LogP contribution in [-0.2, 0) is 9.53 Å². The number of phenols is 1. The van der Waals surface area contributed by atoms with Crippen molar-refractivity contribution in [1.29, 1.82) is 0 Å². The molecule has 0 spiro atoms. The smallest absolute Gasteiger partial charge is 0.408 e. The maximum atomic E-state index is 12.9. The summed E-state index contributed by atoms with van der Waals surface area (Å²) in [6.07, 6.45) is -0.141. The van der Waals surface area contributed by atoms with Crippen LogP contribution in [0.15, 0.2) is 39.5 Å². The van der Waals surface area contributed by atoms with Gasteiger partial charge < -0.3 is 24.3 Å².